The molecule has 0 radical (unpaired) electrons. The van der Waals surface area contributed by atoms with Crippen molar-refractivity contribution in [1.29, 1.82) is 0 Å². The number of rotatable bonds is 9. The van der Waals surface area contributed by atoms with Gasteiger partial charge in [-0.3, -0.25) is 9.59 Å². The number of ether oxygens (including phenoxy) is 3. The van der Waals surface area contributed by atoms with Gasteiger partial charge in [-0.25, -0.2) is 0 Å². The molecule has 1 N–H and O–H groups in total. The van der Waals surface area contributed by atoms with Crippen LogP contribution in [0.25, 0.3) is 0 Å². The molecule has 0 saturated carbocycles. The third-order valence-corrected chi connectivity index (χ3v) is 6.14. The minimum atomic E-state index is -0.905. The van der Waals surface area contributed by atoms with Gasteiger partial charge in [0.2, 0.25) is 0 Å². The quantitative estimate of drug-likeness (QED) is 0.362. The summed E-state index contributed by atoms with van der Waals surface area (Å²) in [6, 6.07) is 17.9. The minimum absolute atomic E-state index is 0.0568. The van der Waals surface area contributed by atoms with E-state index in [1.807, 2.05) is 24.3 Å². The molecule has 7 heteroatoms. The van der Waals surface area contributed by atoms with Crippen LogP contribution in [0.3, 0.4) is 0 Å². The highest BCUT2D eigenvalue weighted by Gasteiger charge is 2.29. The Hall–Kier alpha value is -3.51. The number of para-hydroxylation sites is 1. The van der Waals surface area contributed by atoms with Crippen LogP contribution in [0.2, 0.25) is 5.02 Å². The van der Waals surface area contributed by atoms with Gasteiger partial charge in [-0.1, -0.05) is 29.8 Å². The summed E-state index contributed by atoms with van der Waals surface area (Å²) in [4.78, 5) is 24.1. The molecule has 34 heavy (non-hydrogen) atoms. The van der Waals surface area contributed by atoms with Crippen molar-refractivity contribution in [3.05, 3.63) is 82.4 Å². The maximum Gasteiger partial charge on any atom is 0.311 e. The fraction of sp³-hybridized carbons (Fsp3) is 0.259. The van der Waals surface area contributed by atoms with Crippen LogP contribution in [0.4, 0.5) is 0 Å². The van der Waals surface area contributed by atoms with E-state index in [-0.39, 0.29) is 5.78 Å². The van der Waals surface area contributed by atoms with E-state index in [0.717, 1.165) is 24.2 Å². The Labute approximate surface area is 203 Å². The number of halogens is 1. The number of carboxylic acid groups (broad SMARTS) is 1. The first-order valence-corrected chi connectivity index (χ1v) is 11.5. The molecule has 1 unspecified atom stereocenters. The van der Waals surface area contributed by atoms with Crippen LogP contribution in [-0.4, -0.2) is 30.6 Å². The fourth-order valence-corrected chi connectivity index (χ4v) is 4.26. The van der Waals surface area contributed by atoms with Crippen LogP contribution in [0, 0.1) is 0 Å². The first kappa shape index (κ1) is 23.6. The Balaban J connectivity index is 1.38. The average molecular weight is 481 g/mol. The van der Waals surface area contributed by atoms with E-state index in [9.17, 15) is 14.7 Å². The summed E-state index contributed by atoms with van der Waals surface area (Å²) in [6.45, 7) is 0.318. The highest BCUT2D eigenvalue weighted by Crippen LogP contribution is 2.41. The number of Topliss-reactive ketones (excluding diaryl/α,β-unsaturated/α-hetero) is 1. The van der Waals surface area contributed by atoms with Crippen LogP contribution in [0.1, 0.15) is 46.7 Å². The molecule has 1 aliphatic heterocycles. The van der Waals surface area contributed by atoms with E-state index < -0.39 is 11.9 Å². The van der Waals surface area contributed by atoms with Gasteiger partial charge in [-0.2, -0.15) is 0 Å². The number of aryl methyl sites for hydroxylation is 1. The number of hydrogen-bond donors (Lipinski definition) is 1. The SMILES string of the molecule is COc1ccccc1CCCC(=O)c1ccc(Oc2cc3c(cc2Cl)C(C(=O)O)CCO3)cc1. The molecule has 1 atom stereocenters. The number of aliphatic carboxylic acids is 1. The van der Waals surface area contributed by atoms with E-state index in [4.69, 9.17) is 25.8 Å². The van der Waals surface area contributed by atoms with Gasteiger partial charge in [-0.05, 0) is 61.2 Å². The van der Waals surface area contributed by atoms with Crippen molar-refractivity contribution in [3.8, 4) is 23.0 Å². The van der Waals surface area contributed by atoms with Crippen molar-refractivity contribution in [2.45, 2.75) is 31.6 Å². The van der Waals surface area contributed by atoms with Crippen molar-refractivity contribution < 1.29 is 28.9 Å². The maximum atomic E-state index is 12.6. The molecule has 3 aromatic rings. The van der Waals surface area contributed by atoms with Gasteiger partial charge in [0.25, 0.3) is 0 Å². The third kappa shape index (κ3) is 5.34. The second-order valence-electron chi connectivity index (χ2n) is 8.06. The predicted molar refractivity (Wildman–Crippen MR) is 129 cm³/mol. The van der Waals surface area contributed by atoms with E-state index in [1.165, 1.54) is 0 Å². The van der Waals surface area contributed by atoms with Crippen LogP contribution in [0.15, 0.2) is 60.7 Å². The minimum Gasteiger partial charge on any atom is -0.496 e. The molecule has 0 fully saturated rings. The monoisotopic (exact) mass is 480 g/mol. The van der Waals surface area contributed by atoms with Gasteiger partial charge in [-0.15, -0.1) is 0 Å². The number of carbonyl (C=O) groups is 2. The zero-order valence-electron chi connectivity index (χ0n) is 18.8. The van der Waals surface area contributed by atoms with Crippen LogP contribution >= 0.6 is 11.6 Å². The molecular weight excluding hydrogens is 456 g/mol. The molecule has 0 bridgehead atoms. The number of ketones is 1. The molecule has 0 amide bonds. The van der Waals surface area contributed by atoms with Gasteiger partial charge in [0.05, 0.1) is 24.7 Å². The Morgan fingerprint density at radius 2 is 1.85 bits per heavy atom. The maximum absolute atomic E-state index is 12.6. The summed E-state index contributed by atoms with van der Waals surface area (Å²) >= 11 is 6.36. The lowest BCUT2D eigenvalue weighted by Crippen LogP contribution is -2.20. The van der Waals surface area contributed by atoms with Crippen molar-refractivity contribution in [2.24, 2.45) is 0 Å². The molecule has 1 aliphatic rings. The van der Waals surface area contributed by atoms with Crippen LogP contribution in [0.5, 0.6) is 23.0 Å². The lowest BCUT2D eigenvalue weighted by Gasteiger charge is -2.24. The fourth-order valence-electron chi connectivity index (χ4n) is 4.05. The van der Waals surface area contributed by atoms with Crippen molar-refractivity contribution >= 4 is 23.4 Å². The average Bonchev–Trinajstić information content (AvgIpc) is 2.84. The van der Waals surface area contributed by atoms with Crippen LogP contribution in [-0.2, 0) is 11.2 Å². The van der Waals surface area contributed by atoms with Gasteiger partial charge in [0.1, 0.15) is 23.0 Å². The number of benzene rings is 3. The van der Waals surface area contributed by atoms with Gasteiger partial charge in [0, 0.05) is 23.6 Å². The van der Waals surface area contributed by atoms with E-state index >= 15 is 0 Å². The van der Waals surface area contributed by atoms with E-state index in [2.05, 4.69) is 0 Å². The van der Waals surface area contributed by atoms with E-state index in [0.29, 0.717) is 52.8 Å². The first-order valence-electron chi connectivity index (χ1n) is 11.1. The molecule has 0 aliphatic carbocycles. The molecule has 1 heterocycles. The zero-order valence-corrected chi connectivity index (χ0v) is 19.5. The highest BCUT2D eigenvalue weighted by molar-refractivity contribution is 6.32. The normalized spacial score (nSPS) is 14.6. The summed E-state index contributed by atoms with van der Waals surface area (Å²) in [5.74, 6) is 0.670. The van der Waals surface area contributed by atoms with Crippen molar-refractivity contribution in [1.82, 2.24) is 0 Å². The molecular formula is C27H25ClO6. The summed E-state index contributed by atoms with van der Waals surface area (Å²) in [7, 11) is 1.64. The molecule has 0 aromatic heterocycles. The molecule has 0 saturated heterocycles. The Morgan fingerprint density at radius 1 is 1.09 bits per heavy atom. The molecule has 0 spiro atoms. The topological polar surface area (TPSA) is 82.1 Å². The number of fused-ring (bicyclic) bond motifs is 1. The lowest BCUT2D eigenvalue weighted by molar-refractivity contribution is -0.139. The summed E-state index contributed by atoms with van der Waals surface area (Å²) in [5.41, 5.74) is 2.24. The van der Waals surface area contributed by atoms with Gasteiger partial charge >= 0.3 is 5.97 Å². The standard InChI is InChI=1S/C27H25ClO6/c1-32-24-8-3-2-5-18(24)6-4-7-23(29)17-9-11-19(12-10-17)34-26-16-25-21(15-22(26)28)20(27(30)31)13-14-33-25/h2-3,5,8-12,15-16,20H,4,6-7,13-14H2,1H3,(H,30,31). The second kappa shape index (κ2) is 10.6. The number of carbonyl (C=O) groups excluding carboxylic acids is 1. The third-order valence-electron chi connectivity index (χ3n) is 5.85. The molecule has 3 aromatic carbocycles. The molecule has 6 nitrogen and oxygen atoms in total. The number of hydrogen-bond acceptors (Lipinski definition) is 5. The zero-order chi connectivity index (χ0) is 24.1. The summed E-state index contributed by atoms with van der Waals surface area (Å²) in [5, 5.41) is 9.72. The Morgan fingerprint density at radius 3 is 2.59 bits per heavy atom. The van der Waals surface area contributed by atoms with Gasteiger partial charge < -0.3 is 19.3 Å². The van der Waals surface area contributed by atoms with Crippen molar-refractivity contribution in [2.75, 3.05) is 13.7 Å². The number of carboxylic acids is 1. The molecule has 176 valence electrons. The Kier molecular flexibility index (Phi) is 7.38. The summed E-state index contributed by atoms with van der Waals surface area (Å²) < 4.78 is 16.9. The predicted octanol–water partition coefficient (Wildman–Crippen LogP) is 6.30. The van der Waals surface area contributed by atoms with Crippen LogP contribution < -0.4 is 14.2 Å². The summed E-state index contributed by atoms with van der Waals surface area (Å²) in [6.07, 6.45) is 2.31. The van der Waals surface area contributed by atoms with E-state index in [1.54, 1.807) is 43.5 Å². The smallest absolute Gasteiger partial charge is 0.311 e. The van der Waals surface area contributed by atoms with Crippen molar-refractivity contribution in [3.63, 3.8) is 0 Å². The first-order chi connectivity index (χ1) is 16.5. The second-order valence-corrected chi connectivity index (χ2v) is 8.47. The molecule has 4 rings (SSSR count). The van der Waals surface area contributed by atoms with Gasteiger partial charge in [0.15, 0.2) is 5.78 Å². The largest absolute Gasteiger partial charge is 0.496 e. The highest BCUT2D eigenvalue weighted by atomic mass is 35.5. The Bertz CT molecular complexity index is 1190. The number of methoxy groups -OCH3 is 1. The lowest BCUT2D eigenvalue weighted by atomic mass is 9.93.